The third-order valence-electron chi connectivity index (χ3n) is 3.24. The molecule has 4 nitrogen and oxygen atoms in total. The molecular weight excluding hydrogens is 268 g/mol. The minimum absolute atomic E-state index is 0.0387. The van der Waals surface area contributed by atoms with Gasteiger partial charge in [0.2, 0.25) is 0 Å². The fourth-order valence-corrected chi connectivity index (χ4v) is 2.31. The van der Waals surface area contributed by atoms with Crippen LogP contribution in [-0.4, -0.2) is 39.6 Å². The fraction of sp³-hybridized carbons (Fsp3) is 0.571. The summed E-state index contributed by atoms with van der Waals surface area (Å²) < 4.78 is 44.1. The summed E-state index contributed by atoms with van der Waals surface area (Å²) in [6, 6.07) is 1.75. The summed E-state index contributed by atoms with van der Waals surface area (Å²) in [5, 5.41) is 3.06. The van der Waals surface area contributed by atoms with Crippen LogP contribution in [0.2, 0.25) is 0 Å². The first-order chi connectivity index (χ1) is 9.67. The van der Waals surface area contributed by atoms with Crippen molar-refractivity contribution in [1.29, 1.82) is 0 Å². The van der Waals surface area contributed by atoms with Gasteiger partial charge >= 0.3 is 0 Å². The smallest absolute Gasteiger partial charge is 0.134 e. The van der Waals surface area contributed by atoms with E-state index in [1.807, 2.05) is 6.92 Å². The maximum Gasteiger partial charge on any atom is 0.134 e. The highest BCUT2D eigenvalue weighted by molar-refractivity contribution is 5.33. The molecule has 1 aliphatic heterocycles. The normalized spacial score (nSPS) is 20.7. The molecule has 112 valence electrons. The zero-order valence-corrected chi connectivity index (χ0v) is 11.6. The Bertz CT molecular complexity index is 427. The van der Waals surface area contributed by atoms with E-state index in [-0.39, 0.29) is 11.3 Å². The van der Waals surface area contributed by atoms with Crippen molar-refractivity contribution < 1.29 is 23.0 Å². The highest BCUT2D eigenvalue weighted by Gasteiger charge is 2.30. The number of halogens is 2. The maximum absolute atomic E-state index is 14.2. The second kappa shape index (κ2) is 6.97. The Morgan fingerprint density at radius 2 is 2.05 bits per heavy atom. The van der Waals surface area contributed by atoms with Gasteiger partial charge in [0, 0.05) is 17.7 Å². The Labute approximate surface area is 117 Å². The second-order valence-electron chi connectivity index (χ2n) is 4.52. The van der Waals surface area contributed by atoms with Crippen LogP contribution in [0.3, 0.4) is 0 Å². The molecule has 0 aromatic heterocycles. The van der Waals surface area contributed by atoms with E-state index in [1.54, 1.807) is 0 Å². The first kappa shape index (κ1) is 15.2. The van der Waals surface area contributed by atoms with Crippen molar-refractivity contribution >= 4 is 0 Å². The predicted octanol–water partition coefficient (Wildman–Crippen LogP) is 2.04. The van der Waals surface area contributed by atoms with Crippen molar-refractivity contribution in [2.75, 3.05) is 33.5 Å². The molecular formula is C14H19F2NO3. The minimum atomic E-state index is -0.651. The van der Waals surface area contributed by atoms with Crippen LogP contribution in [-0.2, 0) is 9.47 Å². The number of rotatable bonds is 5. The summed E-state index contributed by atoms with van der Waals surface area (Å²) in [5.41, 5.74) is -0.0387. The molecule has 0 spiro atoms. The molecule has 0 saturated carbocycles. The largest absolute Gasteiger partial charge is 0.497 e. The molecule has 1 fully saturated rings. The quantitative estimate of drug-likeness (QED) is 0.899. The SMILES string of the molecule is CCNC(c1c(F)cc(OC)cc1F)C1COCCO1. The van der Waals surface area contributed by atoms with Crippen LogP contribution in [0.1, 0.15) is 18.5 Å². The molecule has 1 heterocycles. The molecule has 0 radical (unpaired) electrons. The molecule has 1 aromatic carbocycles. The molecule has 0 bridgehead atoms. The standard InChI is InChI=1S/C14H19F2NO3/c1-3-17-14(12-8-19-4-5-20-12)13-10(15)6-9(18-2)7-11(13)16/h6-7,12,14,17H,3-5,8H2,1-2H3. The van der Waals surface area contributed by atoms with Gasteiger partial charge in [-0.05, 0) is 6.54 Å². The van der Waals surface area contributed by atoms with Gasteiger partial charge in [-0.1, -0.05) is 6.92 Å². The molecule has 20 heavy (non-hydrogen) atoms. The van der Waals surface area contributed by atoms with E-state index in [1.165, 1.54) is 19.2 Å². The van der Waals surface area contributed by atoms with Crippen LogP contribution in [0.5, 0.6) is 5.75 Å². The van der Waals surface area contributed by atoms with Crippen LogP contribution in [0.25, 0.3) is 0 Å². The van der Waals surface area contributed by atoms with Gasteiger partial charge in [0.15, 0.2) is 0 Å². The lowest BCUT2D eigenvalue weighted by Gasteiger charge is -2.31. The zero-order chi connectivity index (χ0) is 14.5. The zero-order valence-electron chi connectivity index (χ0n) is 11.6. The molecule has 1 aromatic rings. The maximum atomic E-state index is 14.2. The van der Waals surface area contributed by atoms with Crippen molar-refractivity contribution in [3.8, 4) is 5.75 Å². The molecule has 1 saturated heterocycles. The number of hydrogen-bond acceptors (Lipinski definition) is 4. The van der Waals surface area contributed by atoms with Crippen LogP contribution in [0.15, 0.2) is 12.1 Å². The fourth-order valence-electron chi connectivity index (χ4n) is 2.31. The number of likely N-dealkylation sites (N-methyl/N-ethyl adjacent to an activating group) is 1. The number of hydrogen-bond donors (Lipinski definition) is 1. The third kappa shape index (κ3) is 3.26. The van der Waals surface area contributed by atoms with Crippen LogP contribution >= 0.6 is 0 Å². The Morgan fingerprint density at radius 1 is 1.35 bits per heavy atom. The van der Waals surface area contributed by atoms with Gasteiger partial charge in [-0.3, -0.25) is 0 Å². The topological polar surface area (TPSA) is 39.7 Å². The van der Waals surface area contributed by atoms with Crippen LogP contribution < -0.4 is 10.1 Å². The van der Waals surface area contributed by atoms with Crippen molar-refractivity contribution in [3.05, 3.63) is 29.3 Å². The second-order valence-corrected chi connectivity index (χ2v) is 4.52. The molecule has 1 aliphatic rings. The van der Waals surface area contributed by atoms with E-state index < -0.39 is 23.8 Å². The van der Waals surface area contributed by atoms with Crippen LogP contribution in [0.4, 0.5) is 8.78 Å². The van der Waals surface area contributed by atoms with Gasteiger partial charge in [-0.2, -0.15) is 0 Å². The van der Waals surface area contributed by atoms with E-state index in [4.69, 9.17) is 14.2 Å². The van der Waals surface area contributed by atoms with Gasteiger partial charge < -0.3 is 19.5 Å². The summed E-state index contributed by atoms with van der Waals surface area (Å²) >= 11 is 0. The summed E-state index contributed by atoms with van der Waals surface area (Å²) in [6.45, 7) is 3.67. The molecule has 6 heteroatoms. The summed E-state index contributed by atoms with van der Waals surface area (Å²) in [6.07, 6.45) is -0.416. The monoisotopic (exact) mass is 287 g/mol. The van der Waals surface area contributed by atoms with E-state index in [0.29, 0.717) is 26.4 Å². The van der Waals surface area contributed by atoms with Gasteiger partial charge in [0.25, 0.3) is 0 Å². The van der Waals surface area contributed by atoms with E-state index in [2.05, 4.69) is 5.32 Å². The number of benzene rings is 1. The lowest BCUT2D eigenvalue weighted by Crippen LogP contribution is -2.41. The Balaban J connectivity index is 2.33. The van der Waals surface area contributed by atoms with Crippen molar-refractivity contribution in [3.63, 3.8) is 0 Å². The number of ether oxygens (including phenoxy) is 3. The molecule has 2 unspecified atom stereocenters. The van der Waals surface area contributed by atoms with Gasteiger partial charge in [-0.15, -0.1) is 0 Å². The summed E-state index contributed by atoms with van der Waals surface area (Å²) in [5.74, 6) is -1.15. The minimum Gasteiger partial charge on any atom is -0.497 e. The number of methoxy groups -OCH3 is 1. The van der Waals surface area contributed by atoms with E-state index >= 15 is 0 Å². The summed E-state index contributed by atoms with van der Waals surface area (Å²) in [7, 11) is 1.37. The Morgan fingerprint density at radius 3 is 2.55 bits per heavy atom. The van der Waals surface area contributed by atoms with Crippen molar-refractivity contribution in [2.24, 2.45) is 0 Å². The number of nitrogens with one attached hydrogen (secondary N) is 1. The Hall–Kier alpha value is -1.24. The average Bonchev–Trinajstić information content (AvgIpc) is 2.46. The highest BCUT2D eigenvalue weighted by atomic mass is 19.1. The van der Waals surface area contributed by atoms with E-state index in [9.17, 15) is 8.78 Å². The summed E-state index contributed by atoms with van der Waals surface area (Å²) in [4.78, 5) is 0. The first-order valence-corrected chi connectivity index (χ1v) is 6.63. The van der Waals surface area contributed by atoms with Crippen LogP contribution in [0, 0.1) is 11.6 Å². The lowest BCUT2D eigenvalue weighted by molar-refractivity contribution is -0.103. The van der Waals surface area contributed by atoms with Gasteiger partial charge in [-0.25, -0.2) is 8.78 Å². The molecule has 1 N–H and O–H groups in total. The Kier molecular flexibility index (Phi) is 5.28. The van der Waals surface area contributed by atoms with E-state index in [0.717, 1.165) is 0 Å². The van der Waals surface area contributed by atoms with Crippen molar-refractivity contribution in [1.82, 2.24) is 5.32 Å². The molecule has 0 aliphatic carbocycles. The average molecular weight is 287 g/mol. The van der Waals surface area contributed by atoms with Gasteiger partial charge in [0.05, 0.1) is 33.0 Å². The molecule has 0 amide bonds. The predicted molar refractivity (Wildman–Crippen MR) is 69.9 cm³/mol. The van der Waals surface area contributed by atoms with Crippen molar-refractivity contribution in [2.45, 2.75) is 19.1 Å². The van der Waals surface area contributed by atoms with Gasteiger partial charge in [0.1, 0.15) is 23.5 Å². The lowest BCUT2D eigenvalue weighted by atomic mass is 9.99. The first-order valence-electron chi connectivity index (χ1n) is 6.63. The molecule has 2 rings (SSSR count). The molecule has 2 atom stereocenters. The third-order valence-corrected chi connectivity index (χ3v) is 3.24. The highest BCUT2D eigenvalue weighted by Crippen LogP contribution is 2.29.